The molecular weight excluding hydrogens is 502 g/mol. The maximum Gasteiger partial charge on any atom is 0.244 e. The van der Waals surface area contributed by atoms with Crippen LogP contribution in [0.5, 0.6) is 5.75 Å². The quantitative estimate of drug-likeness (QED) is 0.367. The Labute approximate surface area is 229 Å². The van der Waals surface area contributed by atoms with Crippen LogP contribution >= 0.6 is 11.8 Å². The van der Waals surface area contributed by atoms with Crippen molar-refractivity contribution in [2.45, 2.75) is 93.2 Å². The Bertz CT molecular complexity index is 1010. The number of unbranched alkanes of at least 4 members (excludes halogenated alkanes) is 2. The molecule has 9 heteroatoms. The third-order valence-corrected chi connectivity index (χ3v) is 10.7. The molecule has 2 bridgehead atoms. The summed E-state index contributed by atoms with van der Waals surface area (Å²) >= 11 is 1.71. The van der Waals surface area contributed by atoms with E-state index in [1.165, 1.54) is 6.42 Å². The Morgan fingerprint density at radius 3 is 2.55 bits per heavy atom. The zero-order valence-corrected chi connectivity index (χ0v) is 23.1. The van der Waals surface area contributed by atoms with Crippen LogP contribution in [0, 0.1) is 11.8 Å². The number of nitrogens with one attached hydrogen (secondary N) is 2. The SMILES string of the molecule is CCOc1ccc(NC(=O)[C@@H]2[C@H]3C(=O)N(CCCCCO)C(C(=O)NC4CCCCC4)C34CC[C@H]2S4)cc1. The van der Waals surface area contributed by atoms with Gasteiger partial charge in [0.2, 0.25) is 17.7 Å². The summed E-state index contributed by atoms with van der Waals surface area (Å²) in [6.45, 7) is 3.11. The van der Waals surface area contributed by atoms with Crippen molar-refractivity contribution in [2.75, 3.05) is 25.1 Å². The number of aliphatic hydroxyl groups is 1. The van der Waals surface area contributed by atoms with Crippen LogP contribution in [0.3, 0.4) is 0 Å². The highest BCUT2D eigenvalue weighted by atomic mass is 32.2. The van der Waals surface area contributed by atoms with Gasteiger partial charge >= 0.3 is 0 Å². The van der Waals surface area contributed by atoms with Crippen LogP contribution in [-0.4, -0.2) is 69.6 Å². The smallest absolute Gasteiger partial charge is 0.244 e. The average Bonchev–Trinajstić information content (AvgIpc) is 3.56. The largest absolute Gasteiger partial charge is 0.494 e. The molecule has 1 aromatic rings. The summed E-state index contributed by atoms with van der Waals surface area (Å²) in [5.74, 6) is -0.446. The highest BCUT2D eigenvalue weighted by Crippen LogP contribution is 2.66. The molecule has 3 heterocycles. The van der Waals surface area contributed by atoms with E-state index in [1.54, 1.807) is 16.7 Å². The van der Waals surface area contributed by atoms with Gasteiger partial charge in [0, 0.05) is 30.1 Å². The van der Waals surface area contributed by atoms with Crippen LogP contribution in [0.15, 0.2) is 24.3 Å². The molecule has 4 aliphatic rings. The Morgan fingerprint density at radius 1 is 1.08 bits per heavy atom. The number of ether oxygens (including phenoxy) is 1. The van der Waals surface area contributed by atoms with Gasteiger partial charge in [-0.2, -0.15) is 0 Å². The molecule has 0 aromatic heterocycles. The van der Waals surface area contributed by atoms with Gasteiger partial charge in [-0.25, -0.2) is 0 Å². The van der Waals surface area contributed by atoms with Crippen molar-refractivity contribution in [2.24, 2.45) is 11.8 Å². The molecule has 5 rings (SSSR count). The van der Waals surface area contributed by atoms with E-state index in [0.29, 0.717) is 25.3 Å². The van der Waals surface area contributed by atoms with Crippen molar-refractivity contribution in [1.29, 1.82) is 0 Å². The third-order valence-electron chi connectivity index (χ3n) is 8.79. The van der Waals surface area contributed by atoms with Crippen LogP contribution < -0.4 is 15.4 Å². The van der Waals surface area contributed by atoms with Crippen molar-refractivity contribution in [3.63, 3.8) is 0 Å². The number of hydrogen-bond acceptors (Lipinski definition) is 6. The first-order valence-corrected chi connectivity index (χ1v) is 15.3. The number of benzene rings is 1. The maximum absolute atomic E-state index is 14.0. The van der Waals surface area contributed by atoms with Crippen LogP contribution in [0.4, 0.5) is 5.69 Å². The predicted molar refractivity (Wildman–Crippen MR) is 148 cm³/mol. The molecule has 4 fully saturated rings. The van der Waals surface area contributed by atoms with E-state index in [0.717, 1.165) is 57.1 Å². The fourth-order valence-corrected chi connectivity index (χ4v) is 9.34. The molecule has 208 valence electrons. The molecule has 1 aliphatic carbocycles. The Morgan fingerprint density at radius 2 is 1.84 bits per heavy atom. The van der Waals surface area contributed by atoms with Crippen LogP contribution in [0.1, 0.15) is 71.1 Å². The van der Waals surface area contributed by atoms with Gasteiger partial charge in [0.15, 0.2) is 0 Å². The summed E-state index contributed by atoms with van der Waals surface area (Å²) in [5.41, 5.74) is 0.679. The average molecular weight is 544 g/mol. The van der Waals surface area contributed by atoms with Crippen LogP contribution in [0.25, 0.3) is 0 Å². The summed E-state index contributed by atoms with van der Waals surface area (Å²) in [6, 6.07) is 6.93. The number of thioether (sulfide) groups is 1. The minimum Gasteiger partial charge on any atom is -0.494 e. The van der Waals surface area contributed by atoms with Gasteiger partial charge in [-0.3, -0.25) is 14.4 Å². The normalized spacial score (nSPS) is 30.4. The van der Waals surface area contributed by atoms with E-state index < -0.39 is 22.6 Å². The second-order valence-corrected chi connectivity index (χ2v) is 12.8. The monoisotopic (exact) mass is 543 g/mol. The summed E-state index contributed by atoms with van der Waals surface area (Å²) in [4.78, 5) is 43.3. The van der Waals surface area contributed by atoms with Gasteiger partial charge < -0.3 is 25.4 Å². The third kappa shape index (κ3) is 5.16. The van der Waals surface area contributed by atoms with E-state index >= 15 is 0 Å². The van der Waals surface area contributed by atoms with Gasteiger partial charge in [0.25, 0.3) is 0 Å². The van der Waals surface area contributed by atoms with Gasteiger partial charge in [0.1, 0.15) is 11.8 Å². The fraction of sp³-hybridized carbons (Fsp3) is 0.690. The summed E-state index contributed by atoms with van der Waals surface area (Å²) in [7, 11) is 0. The number of likely N-dealkylation sites (tertiary alicyclic amines) is 1. The van der Waals surface area contributed by atoms with Crippen LogP contribution in [-0.2, 0) is 14.4 Å². The van der Waals surface area contributed by atoms with E-state index in [9.17, 15) is 19.5 Å². The molecule has 3 saturated heterocycles. The number of carbonyl (C=O) groups excluding carboxylic acids is 3. The van der Waals surface area contributed by atoms with Gasteiger partial charge in [-0.15, -0.1) is 11.8 Å². The van der Waals surface area contributed by atoms with E-state index in [1.807, 2.05) is 31.2 Å². The zero-order valence-electron chi connectivity index (χ0n) is 22.3. The number of rotatable bonds is 11. The first-order valence-electron chi connectivity index (χ1n) is 14.4. The lowest BCUT2D eigenvalue weighted by atomic mass is 9.70. The molecule has 3 amide bonds. The minimum atomic E-state index is -0.557. The van der Waals surface area contributed by atoms with Crippen molar-refractivity contribution >= 4 is 35.2 Å². The molecule has 5 atom stereocenters. The fourth-order valence-electron chi connectivity index (χ4n) is 7.12. The van der Waals surface area contributed by atoms with E-state index in [-0.39, 0.29) is 35.6 Å². The van der Waals surface area contributed by atoms with Crippen LogP contribution in [0.2, 0.25) is 0 Å². The Hall–Kier alpha value is -2.26. The molecule has 1 saturated carbocycles. The van der Waals surface area contributed by atoms with Crippen molar-refractivity contribution < 1.29 is 24.2 Å². The van der Waals surface area contributed by atoms with Gasteiger partial charge in [0.05, 0.1) is 23.2 Å². The van der Waals surface area contributed by atoms with Gasteiger partial charge in [-0.05, 0) is 76.1 Å². The van der Waals surface area contributed by atoms with Crippen molar-refractivity contribution in [1.82, 2.24) is 10.2 Å². The number of aliphatic hydroxyl groups excluding tert-OH is 1. The highest BCUT2D eigenvalue weighted by molar-refractivity contribution is 8.02. The molecule has 1 aromatic carbocycles. The lowest BCUT2D eigenvalue weighted by Gasteiger charge is -2.35. The molecule has 2 unspecified atom stereocenters. The summed E-state index contributed by atoms with van der Waals surface area (Å²) in [6.07, 6.45) is 9.26. The molecule has 3 N–H and O–H groups in total. The molecule has 38 heavy (non-hydrogen) atoms. The number of carbonyl (C=O) groups is 3. The topological polar surface area (TPSA) is 108 Å². The second-order valence-electron chi connectivity index (χ2n) is 11.2. The molecule has 8 nitrogen and oxygen atoms in total. The number of amides is 3. The number of nitrogens with zero attached hydrogens (tertiary/aromatic N) is 1. The minimum absolute atomic E-state index is 0.0353. The van der Waals surface area contributed by atoms with Crippen molar-refractivity contribution in [3.05, 3.63) is 24.3 Å². The van der Waals surface area contributed by atoms with E-state index in [4.69, 9.17) is 4.74 Å². The zero-order chi connectivity index (χ0) is 26.7. The number of anilines is 1. The molecular formula is C29H41N3O5S. The lowest BCUT2D eigenvalue weighted by molar-refractivity contribution is -0.139. The molecule has 0 radical (unpaired) electrons. The summed E-state index contributed by atoms with van der Waals surface area (Å²) in [5, 5.41) is 15.6. The Balaban J connectivity index is 1.36. The summed E-state index contributed by atoms with van der Waals surface area (Å²) < 4.78 is 4.95. The molecule has 1 spiro atoms. The number of fused-ring (bicyclic) bond motifs is 1. The Kier molecular flexibility index (Phi) is 8.53. The van der Waals surface area contributed by atoms with Crippen molar-refractivity contribution in [3.8, 4) is 5.75 Å². The highest BCUT2D eigenvalue weighted by Gasteiger charge is 2.73. The molecule has 3 aliphatic heterocycles. The standard InChI is InChI=1S/C29H41N3O5S/c1-2-37-21-13-11-20(12-14-21)30-26(34)23-22-15-16-29(38-22)24(23)28(36)32(17-7-4-8-18-33)25(29)27(35)31-19-9-5-3-6-10-19/h11-14,19,22-25,33H,2-10,15-18H2,1H3,(H,30,34)(H,31,35)/t22-,23+,24+,25?,29?/m1/s1. The van der Waals surface area contributed by atoms with E-state index in [2.05, 4.69) is 10.6 Å². The first kappa shape index (κ1) is 27.3. The second kappa shape index (κ2) is 11.9. The lowest BCUT2D eigenvalue weighted by Crippen LogP contribution is -2.55. The predicted octanol–water partition coefficient (Wildman–Crippen LogP) is 3.73. The first-order chi connectivity index (χ1) is 18.5. The van der Waals surface area contributed by atoms with Gasteiger partial charge in [-0.1, -0.05) is 19.3 Å². The number of hydrogen-bond donors (Lipinski definition) is 3. The maximum atomic E-state index is 14.0.